The lowest BCUT2D eigenvalue weighted by Gasteiger charge is -2.35. The third-order valence-corrected chi connectivity index (χ3v) is 7.72. The van der Waals surface area contributed by atoms with Gasteiger partial charge in [0.25, 0.3) is 0 Å². The van der Waals surface area contributed by atoms with Gasteiger partial charge in [-0.3, -0.25) is 13.9 Å². The molecule has 3 aromatic carbocycles. The topological polar surface area (TPSA) is 86.8 Å². The Bertz CT molecular complexity index is 1410. The van der Waals surface area contributed by atoms with Gasteiger partial charge in [0.2, 0.25) is 21.8 Å². The summed E-state index contributed by atoms with van der Waals surface area (Å²) in [6.45, 7) is 11.0. The molecule has 8 heteroatoms. The first-order valence-electron chi connectivity index (χ1n) is 13.4. The molecule has 0 fully saturated rings. The summed E-state index contributed by atoms with van der Waals surface area (Å²) in [7, 11) is -3.82. The van der Waals surface area contributed by atoms with Crippen LogP contribution in [-0.2, 0) is 32.6 Å². The summed E-state index contributed by atoms with van der Waals surface area (Å²) < 4.78 is 27.3. The van der Waals surface area contributed by atoms with Crippen LogP contribution in [-0.4, -0.2) is 49.5 Å². The van der Waals surface area contributed by atoms with E-state index in [1.54, 1.807) is 0 Å². The van der Waals surface area contributed by atoms with Crippen LogP contribution in [0.15, 0.2) is 72.8 Å². The smallest absolute Gasteiger partial charge is 0.244 e. The van der Waals surface area contributed by atoms with Crippen molar-refractivity contribution in [3.05, 3.63) is 101 Å². The van der Waals surface area contributed by atoms with Gasteiger partial charge in [-0.25, -0.2) is 8.42 Å². The third-order valence-electron chi connectivity index (χ3n) is 6.61. The second-order valence-corrected chi connectivity index (χ2v) is 13.4. The lowest BCUT2D eigenvalue weighted by Crippen LogP contribution is -2.56. The molecule has 3 aromatic rings. The molecule has 0 aromatic heterocycles. The van der Waals surface area contributed by atoms with Gasteiger partial charge in [-0.2, -0.15) is 0 Å². The molecular formula is C32H41N3O4S. The highest BCUT2D eigenvalue weighted by Gasteiger charge is 2.34. The molecule has 0 bridgehead atoms. The number of aryl methyl sites for hydroxylation is 3. The van der Waals surface area contributed by atoms with Gasteiger partial charge in [0, 0.05) is 18.5 Å². The summed E-state index contributed by atoms with van der Waals surface area (Å²) in [4.78, 5) is 29.5. The average Bonchev–Trinajstić information content (AvgIpc) is 2.85. The number of nitrogens with zero attached hydrogens (tertiary/aromatic N) is 2. The number of carbonyl (C=O) groups is 2. The number of benzene rings is 3. The molecule has 0 aliphatic carbocycles. The molecule has 0 saturated carbocycles. The minimum atomic E-state index is -3.82. The molecule has 7 nitrogen and oxygen atoms in total. The number of sulfonamides is 1. The summed E-state index contributed by atoms with van der Waals surface area (Å²) in [6.07, 6.45) is 1.38. The van der Waals surface area contributed by atoms with Gasteiger partial charge >= 0.3 is 0 Å². The van der Waals surface area contributed by atoms with Crippen LogP contribution in [0.3, 0.4) is 0 Å². The van der Waals surface area contributed by atoms with Gasteiger partial charge in [0.1, 0.15) is 12.6 Å². The predicted octanol–water partition coefficient (Wildman–Crippen LogP) is 4.93. The van der Waals surface area contributed by atoms with Crippen LogP contribution in [0.2, 0.25) is 0 Å². The molecule has 214 valence electrons. The summed E-state index contributed by atoms with van der Waals surface area (Å²) in [5, 5.41) is 3.04. The van der Waals surface area contributed by atoms with Crippen LogP contribution in [0.1, 0.15) is 48.6 Å². The van der Waals surface area contributed by atoms with E-state index in [2.05, 4.69) is 5.32 Å². The first-order chi connectivity index (χ1) is 18.7. The van der Waals surface area contributed by atoms with Crippen molar-refractivity contribution in [2.24, 2.45) is 0 Å². The molecule has 0 spiro atoms. The van der Waals surface area contributed by atoms with E-state index in [9.17, 15) is 18.0 Å². The highest BCUT2D eigenvalue weighted by molar-refractivity contribution is 7.92. The standard InChI is InChI=1S/C32H41N3O4S/c1-23-16-18-27(19-17-23)21-34(28(31(37)33-32(4,5)6)20-26-14-9-8-10-15-26)29(36)22-35(40(7,38)39)30-24(2)12-11-13-25(30)3/h8-19,28H,20-22H2,1-7H3,(H,33,37)/t28-/m0/s1. The maximum absolute atomic E-state index is 14.2. The van der Waals surface area contributed by atoms with Crippen LogP contribution < -0.4 is 9.62 Å². The fourth-order valence-corrected chi connectivity index (χ4v) is 5.64. The number of rotatable bonds is 10. The molecule has 0 radical (unpaired) electrons. The first kappa shape index (κ1) is 30.9. The van der Waals surface area contributed by atoms with Gasteiger partial charge in [0.05, 0.1) is 11.9 Å². The Labute approximate surface area is 239 Å². The van der Waals surface area contributed by atoms with Gasteiger partial charge in [-0.05, 0) is 63.8 Å². The zero-order chi connectivity index (χ0) is 29.7. The van der Waals surface area contributed by atoms with E-state index in [-0.39, 0.29) is 18.9 Å². The molecule has 1 atom stereocenters. The lowest BCUT2D eigenvalue weighted by atomic mass is 10.0. The Balaban J connectivity index is 2.10. The fraction of sp³-hybridized carbons (Fsp3) is 0.375. The van der Waals surface area contributed by atoms with E-state index in [0.717, 1.165) is 38.4 Å². The van der Waals surface area contributed by atoms with E-state index in [0.29, 0.717) is 5.69 Å². The van der Waals surface area contributed by atoms with Crippen LogP contribution >= 0.6 is 0 Å². The number of nitrogens with one attached hydrogen (secondary N) is 1. The Morgan fingerprint density at radius 2 is 1.40 bits per heavy atom. The zero-order valence-corrected chi connectivity index (χ0v) is 25.4. The quantitative estimate of drug-likeness (QED) is 0.379. The summed E-state index contributed by atoms with van der Waals surface area (Å²) in [5.74, 6) is -0.756. The van der Waals surface area contributed by atoms with E-state index < -0.39 is 34.1 Å². The molecule has 3 rings (SSSR count). The molecule has 1 N–H and O–H groups in total. The molecule has 0 saturated heterocycles. The molecule has 40 heavy (non-hydrogen) atoms. The Morgan fingerprint density at radius 3 is 1.93 bits per heavy atom. The zero-order valence-electron chi connectivity index (χ0n) is 24.6. The van der Waals surface area contributed by atoms with Crippen LogP contribution in [0.4, 0.5) is 5.69 Å². The highest BCUT2D eigenvalue weighted by Crippen LogP contribution is 2.27. The maximum Gasteiger partial charge on any atom is 0.244 e. The number of hydrogen-bond acceptors (Lipinski definition) is 4. The molecular weight excluding hydrogens is 522 g/mol. The Kier molecular flexibility index (Phi) is 9.79. The maximum atomic E-state index is 14.2. The van der Waals surface area contributed by atoms with Crippen molar-refractivity contribution in [3.8, 4) is 0 Å². The fourth-order valence-electron chi connectivity index (χ4n) is 4.67. The van der Waals surface area contributed by atoms with Crippen molar-refractivity contribution < 1.29 is 18.0 Å². The molecule has 0 heterocycles. The normalized spacial score (nSPS) is 12.5. The minimum absolute atomic E-state index is 0.151. The van der Waals surface area contributed by atoms with E-state index in [1.807, 2.05) is 114 Å². The van der Waals surface area contributed by atoms with Gasteiger partial charge in [0.15, 0.2) is 0 Å². The van der Waals surface area contributed by atoms with Crippen molar-refractivity contribution in [1.29, 1.82) is 0 Å². The van der Waals surface area contributed by atoms with E-state index in [1.165, 1.54) is 4.90 Å². The number of anilines is 1. The van der Waals surface area contributed by atoms with E-state index in [4.69, 9.17) is 0 Å². The van der Waals surface area contributed by atoms with Gasteiger partial charge in [-0.15, -0.1) is 0 Å². The SMILES string of the molecule is Cc1ccc(CN(C(=O)CN(c2c(C)cccc2C)S(C)(=O)=O)[C@@H](Cc2ccccc2)C(=O)NC(C)(C)C)cc1. The number of carbonyl (C=O) groups excluding carboxylic acids is 2. The predicted molar refractivity (Wildman–Crippen MR) is 162 cm³/mol. The third kappa shape index (κ3) is 8.42. The second-order valence-electron chi connectivity index (χ2n) is 11.5. The van der Waals surface area contributed by atoms with Gasteiger partial charge < -0.3 is 10.2 Å². The summed E-state index contributed by atoms with van der Waals surface area (Å²) >= 11 is 0. The molecule has 0 unspecified atom stereocenters. The van der Waals surface area contributed by atoms with Crippen LogP contribution in [0, 0.1) is 20.8 Å². The minimum Gasteiger partial charge on any atom is -0.350 e. The Morgan fingerprint density at radius 1 is 0.825 bits per heavy atom. The largest absolute Gasteiger partial charge is 0.350 e. The monoisotopic (exact) mass is 563 g/mol. The average molecular weight is 564 g/mol. The Hall–Kier alpha value is -3.65. The van der Waals surface area contributed by atoms with Crippen molar-refractivity contribution in [2.45, 2.75) is 66.1 Å². The van der Waals surface area contributed by atoms with Gasteiger partial charge in [-0.1, -0.05) is 78.4 Å². The molecule has 2 amide bonds. The van der Waals surface area contributed by atoms with Crippen LogP contribution in [0.25, 0.3) is 0 Å². The number of hydrogen-bond donors (Lipinski definition) is 1. The second kappa shape index (κ2) is 12.7. The van der Waals surface area contributed by atoms with E-state index >= 15 is 0 Å². The molecule has 0 aliphatic rings. The number of para-hydroxylation sites is 1. The van der Waals surface area contributed by atoms with Crippen molar-refractivity contribution in [3.63, 3.8) is 0 Å². The highest BCUT2D eigenvalue weighted by atomic mass is 32.2. The number of amides is 2. The first-order valence-corrected chi connectivity index (χ1v) is 15.3. The molecule has 0 aliphatic heterocycles. The van der Waals surface area contributed by atoms with Crippen molar-refractivity contribution in [1.82, 2.24) is 10.2 Å². The summed E-state index contributed by atoms with van der Waals surface area (Å²) in [6, 6.07) is 21.9. The summed E-state index contributed by atoms with van der Waals surface area (Å²) in [5.41, 5.74) is 4.26. The van der Waals surface area contributed by atoms with Crippen LogP contribution in [0.5, 0.6) is 0 Å². The van der Waals surface area contributed by atoms with Crippen molar-refractivity contribution in [2.75, 3.05) is 17.1 Å². The van der Waals surface area contributed by atoms with Crippen molar-refractivity contribution >= 4 is 27.5 Å². The lowest BCUT2D eigenvalue weighted by molar-refractivity contribution is -0.140.